The smallest absolute Gasteiger partial charge is 0.255 e. The number of likely N-dealkylation sites (tertiary alicyclic amines) is 1. The summed E-state index contributed by atoms with van der Waals surface area (Å²) in [5.74, 6) is -0.548. The Bertz CT molecular complexity index is 988. The summed E-state index contributed by atoms with van der Waals surface area (Å²) in [6, 6.07) is 13.3. The number of halogens is 1. The molecule has 1 saturated carbocycles. The summed E-state index contributed by atoms with van der Waals surface area (Å²) in [5.41, 5.74) is 1.40. The molecule has 6 nitrogen and oxygen atoms in total. The highest BCUT2D eigenvalue weighted by Gasteiger charge is 2.35. The van der Waals surface area contributed by atoms with Crippen LogP contribution in [0, 0.1) is 0 Å². The Balaban J connectivity index is 1.44. The number of carbonyl (C=O) groups excluding carboxylic acids is 3. The molecule has 7 heteroatoms. The fourth-order valence-corrected chi connectivity index (χ4v) is 4.57. The van der Waals surface area contributed by atoms with Gasteiger partial charge in [0, 0.05) is 34.4 Å². The zero-order valence-corrected chi connectivity index (χ0v) is 18.0. The van der Waals surface area contributed by atoms with Crippen molar-refractivity contribution in [3.05, 3.63) is 64.7 Å². The highest BCUT2D eigenvalue weighted by molar-refractivity contribution is 6.31. The second-order valence-electron chi connectivity index (χ2n) is 8.19. The van der Waals surface area contributed by atoms with Crippen LogP contribution in [0.5, 0.6) is 0 Å². The fourth-order valence-electron chi connectivity index (χ4n) is 4.38. The normalized spacial score (nSPS) is 18.7. The van der Waals surface area contributed by atoms with Crippen molar-refractivity contribution >= 4 is 35.0 Å². The highest BCUT2D eigenvalue weighted by atomic mass is 35.5. The summed E-state index contributed by atoms with van der Waals surface area (Å²) in [6.45, 7) is 0.556. The van der Waals surface area contributed by atoms with Crippen LogP contribution < -0.4 is 10.6 Å². The molecule has 3 amide bonds. The third-order valence-electron chi connectivity index (χ3n) is 5.97. The number of hydrogen-bond donors (Lipinski definition) is 2. The third-order valence-corrected chi connectivity index (χ3v) is 6.21. The van der Waals surface area contributed by atoms with Crippen molar-refractivity contribution in [2.24, 2.45) is 0 Å². The molecule has 4 rings (SSSR count). The summed E-state index contributed by atoms with van der Waals surface area (Å²) < 4.78 is 0. The predicted molar refractivity (Wildman–Crippen MR) is 120 cm³/mol. The van der Waals surface area contributed by atoms with Gasteiger partial charge in [0.25, 0.3) is 11.8 Å². The molecular formula is C24H26ClN3O3. The molecule has 2 aromatic carbocycles. The SMILES string of the molecule is O=C(Nc1cccc(C(=O)N2CCCC2C(=O)NC2CCCC2)c1)c1cccc(Cl)c1. The fraction of sp³-hybridized carbons (Fsp3) is 0.375. The number of benzene rings is 2. The topological polar surface area (TPSA) is 78.5 Å². The Morgan fingerprint density at radius 1 is 0.903 bits per heavy atom. The summed E-state index contributed by atoms with van der Waals surface area (Å²) >= 11 is 5.96. The van der Waals surface area contributed by atoms with E-state index in [9.17, 15) is 14.4 Å². The molecule has 2 aliphatic rings. The van der Waals surface area contributed by atoms with Gasteiger partial charge in [-0.25, -0.2) is 0 Å². The monoisotopic (exact) mass is 439 g/mol. The molecule has 0 aromatic heterocycles. The van der Waals surface area contributed by atoms with E-state index in [1.54, 1.807) is 53.4 Å². The van der Waals surface area contributed by atoms with E-state index >= 15 is 0 Å². The van der Waals surface area contributed by atoms with Crippen LogP contribution in [-0.4, -0.2) is 41.2 Å². The van der Waals surface area contributed by atoms with Gasteiger partial charge in [-0.2, -0.15) is 0 Å². The van der Waals surface area contributed by atoms with Crippen LogP contribution in [0.25, 0.3) is 0 Å². The molecule has 1 atom stereocenters. The Hall–Kier alpha value is -2.86. The van der Waals surface area contributed by atoms with Crippen molar-refractivity contribution < 1.29 is 14.4 Å². The molecule has 1 heterocycles. The molecular weight excluding hydrogens is 414 g/mol. The second kappa shape index (κ2) is 9.52. The molecule has 1 aliphatic heterocycles. The number of anilines is 1. The number of nitrogens with zero attached hydrogens (tertiary/aromatic N) is 1. The molecule has 1 saturated heterocycles. The van der Waals surface area contributed by atoms with Gasteiger partial charge < -0.3 is 15.5 Å². The minimum atomic E-state index is -0.433. The van der Waals surface area contributed by atoms with E-state index in [2.05, 4.69) is 10.6 Å². The number of rotatable bonds is 5. The van der Waals surface area contributed by atoms with E-state index < -0.39 is 6.04 Å². The number of carbonyl (C=O) groups is 3. The molecule has 1 unspecified atom stereocenters. The van der Waals surface area contributed by atoms with Crippen LogP contribution in [0.4, 0.5) is 5.69 Å². The van der Waals surface area contributed by atoms with Crippen LogP contribution in [-0.2, 0) is 4.79 Å². The molecule has 31 heavy (non-hydrogen) atoms. The van der Waals surface area contributed by atoms with Crippen LogP contribution in [0.1, 0.15) is 59.2 Å². The molecule has 0 bridgehead atoms. The van der Waals surface area contributed by atoms with Gasteiger partial charge in [-0.15, -0.1) is 0 Å². The predicted octanol–water partition coefficient (Wildman–Crippen LogP) is 4.26. The average molecular weight is 440 g/mol. The van der Waals surface area contributed by atoms with Crippen molar-refractivity contribution in [3.8, 4) is 0 Å². The van der Waals surface area contributed by atoms with Crippen molar-refractivity contribution in [1.29, 1.82) is 0 Å². The van der Waals surface area contributed by atoms with Crippen molar-refractivity contribution in [2.45, 2.75) is 50.6 Å². The molecule has 2 aromatic rings. The van der Waals surface area contributed by atoms with Crippen molar-refractivity contribution in [1.82, 2.24) is 10.2 Å². The summed E-state index contributed by atoms with van der Waals surface area (Å²) in [6.07, 6.45) is 5.80. The average Bonchev–Trinajstić information content (AvgIpc) is 3.45. The second-order valence-corrected chi connectivity index (χ2v) is 8.63. The molecule has 0 spiro atoms. The van der Waals surface area contributed by atoms with Crippen LogP contribution in [0.15, 0.2) is 48.5 Å². The van der Waals surface area contributed by atoms with Gasteiger partial charge >= 0.3 is 0 Å². The minimum absolute atomic E-state index is 0.0526. The quantitative estimate of drug-likeness (QED) is 0.730. The maximum absolute atomic E-state index is 13.2. The van der Waals surface area contributed by atoms with E-state index in [-0.39, 0.29) is 23.8 Å². The number of hydrogen-bond acceptors (Lipinski definition) is 3. The maximum atomic E-state index is 13.2. The Labute approximate surface area is 187 Å². The highest BCUT2D eigenvalue weighted by Crippen LogP contribution is 2.24. The van der Waals surface area contributed by atoms with E-state index in [1.807, 2.05) is 0 Å². The molecule has 2 fully saturated rings. The zero-order valence-electron chi connectivity index (χ0n) is 17.3. The third kappa shape index (κ3) is 5.07. The molecule has 0 radical (unpaired) electrons. The Morgan fingerprint density at radius 2 is 1.65 bits per heavy atom. The lowest BCUT2D eigenvalue weighted by Gasteiger charge is -2.25. The van der Waals surface area contributed by atoms with E-state index in [0.29, 0.717) is 34.8 Å². The van der Waals surface area contributed by atoms with Crippen LogP contribution in [0.3, 0.4) is 0 Å². The first-order valence-corrected chi connectivity index (χ1v) is 11.2. The first-order valence-electron chi connectivity index (χ1n) is 10.8. The maximum Gasteiger partial charge on any atom is 0.255 e. The summed E-state index contributed by atoms with van der Waals surface area (Å²) in [7, 11) is 0. The van der Waals surface area contributed by atoms with E-state index in [4.69, 9.17) is 11.6 Å². The Kier molecular flexibility index (Phi) is 6.56. The van der Waals surface area contributed by atoms with Crippen LogP contribution >= 0.6 is 11.6 Å². The van der Waals surface area contributed by atoms with Crippen molar-refractivity contribution in [2.75, 3.05) is 11.9 Å². The first kappa shape index (κ1) is 21.4. The molecule has 162 valence electrons. The summed E-state index contributed by atoms with van der Waals surface area (Å²) in [4.78, 5) is 40.1. The van der Waals surface area contributed by atoms with E-state index in [1.165, 1.54) is 0 Å². The lowest BCUT2D eigenvalue weighted by Crippen LogP contribution is -2.48. The number of nitrogens with one attached hydrogen (secondary N) is 2. The lowest BCUT2D eigenvalue weighted by atomic mass is 10.1. The number of amides is 3. The van der Waals surface area contributed by atoms with Crippen molar-refractivity contribution in [3.63, 3.8) is 0 Å². The van der Waals surface area contributed by atoms with Gasteiger partial charge in [-0.3, -0.25) is 14.4 Å². The summed E-state index contributed by atoms with van der Waals surface area (Å²) in [5, 5.41) is 6.40. The standard InChI is InChI=1S/C24H26ClN3O3/c25-18-8-3-6-16(14-18)22(29)27-20-11-4-7-17(15-20)24(31)28-13-5-12-21(28)23(30)26-19-9-1-2-10-19/h3-4,6-8,11,14-15,19,21H,1-2,5,9-10,12-13H2,(H,26,30)(H,27,29). The lowest BCUT2D eigenvalue weighted by molar-refractivity contribution is -0.125. The van der Waals surface area contributed by atoms with Gasteiger partial charge in [0.05, 0.1) is 0 Å². The largest absolute Gasteiger partial charge is 0.352 e. The van der Waals surface area contributed by atoms with Gasteiger partial charge in [0.15, 0.2) is 0 Å². The van der Waals surface area contributed by atoms with Gasteiger partial charge in [0.2, 0.25) is 5.91 Å². The van der Waals surface area contributed by atoms with E-state index in [0.717, 1.165) is 32.1 Å². The molecule has 1 aliphatic carbocycles. The van der Waals surface area contributed by atoms with Gasteiger partial charge in [-0.1, -0.05) is 36.6 Å². The van der Waals surface area contributed by atoms with Gasteiger partial charge in [-0.05, 0) is 62.1 Å². The van der Waals surface area contributed by atoms with Crippen LogP contribution in [0.2, 0.25) is 5.02 Å². The first-order chi connectivity index (χ1) is 15.0. The minimum Gasteiger partial charge on any atom is -0.352 e. The van der Waals surface area contributed by atoms with Gasteiger partial charge in [0.1, 0.15) is 6.04 Å². The molecule has 2 N–H and O–H groups in total. The Morgan fingerprint density at radius 3 is 2.42 bits per heavy atom. The zero-order chi connectivity index (χ0) is 21.8.